The van der Waals surface area contributed by atoms with Crippen molar-refractivity contribution >= 4 is 21.6 Å². The van der Waals surface area contributed by atoms with E-state index >= 15 is 0 Å². The number of hydrogen-bond donors (Lipinski definition) is 0. The maximum absolute atomic E-state index is 12.4. The molecule has 0 fully saturated rings. The van der Waals surface area contributed by atoms with E-state index in [0.717, 1.165) is 12.8 Å². The molecule has 19 heavy (non-hydrogen) atoms. The van der Waals surface area contributed by atoms with Gasteiger partial charge in [-0.1, -0.05) is 24.9 Å². The lowest BCUT2D eigenvalue weighted by Crippen LogP contribution is -2.35. The molecular formula is C13H17ClN2O2S. The summed E-state index contributed by atoms with van der Waals surface area (Å²) in [6.07, 6.45) is 1.69. The number of nitrogens with zero attached hydrogens (tertiary/aromatic N) is 2. The Bertz CT molecular complexity index is 593. The van der Waals surface area contributed by atoms with Gasteiger partial charge in [0.2, 0.25) is 10.0 Å². The van der Waals surface area contributed by atoms with Gasteiger partial charge in [0, 0.05) is 13.1 Å². The molecule has 0 aliphatic carbocycles. The quantitative estimate of drug-likeness (QED) is 0.839. The Kier molecular flexibility index (Phi) is 5.36. The van der Waals surface area contributed by atoms with Crippen LogP contribution in [0.15, 0.2) is 23.1 Å². The van der Waals surface area contributed by atoms with E-state index in [4.69, 9.17) is 16.9 Å². The van der Waals surface area contributed by atoms with Crippen molar-refractivity contribution in [2.75, 3.05) is 7.05 Å². The highest BCUT2D eigenvalue weighted by molar-refractivity contribution is 7.89. The van der Waals surface area contributed by atoms with E-state index in [2.05, 4.69) is 0 Å². The summed E-state index contributed by atoms with van der Waals surface area (Å²) in [7, 11) is -2.08. The van der Waals surface area contributed by atoms with Crippen molar-refractivity contribution in [2.24, 2.45) is 0 Å². The van der Waals surface area contributed by atoms with Crippen LogP contribution in [0.4, 0.5) is 0 Å². The Morgan fingerprint density at radius 2 is 2.11 bits per heavy atom. The van der Waals surface area contributed by atoms with Crippen LogP contribution >= 0.6 is 11.6 Å². The molecule has 0 aromatic heterocycles. The second kappa shape index (κ2) is 6.38. The van der Waals surface area contributed by atoms with Crippen molar-refractivity contribution in [3.05, 3.63) is 28.8 Å². The Hall–Kier alpha value is -1.09. The van der Waals surface area contributed by atoms with Crippen molar-refractivity contribution in [3.8, 4) is 6.07 Å². The Morgan fingerprint density at radius 3 is 2.58 bits per heavy atom. The summed E-state index contributed by atoms with van der Waals surface area (Å²) in [4.78, 5) is 0.0404. The summed E-state index contributed by atoms with van der Waals surface area (Å²) in [6.45, 7) is 3.87. The molecule has 0 amide bonds. The third-order valence-electron chi connectivity index (χ3n) is 3.05. The van der Waals surface area contributed by atoms with Crippen LogP contribution in [0.2, 0.25) is 5.02 Å². The van der Waals surface area contributed by atoms with Crippen LogP contribution in [0.1, 0.15) is 32.3 Å². The molecule has 1 rings (SSSR count). The van der Waals surface area contributed by atoms with Crippen molar-refractivity contribution in [1.82, 2.24) is 4.31 Å². The fraction of sp³-hybridized carbons (Fsp3) is 0.462. The lowest BCUT2D eigenvalue weighted by atomic mass is 10.2. The first-order valence-electron chi connectivity index (χ1n) is 6.02. The molecule has 1 atom stereocenters. The normalized spacial score (nSPS) is 13.3. The van der Waals surface area contributed by atoms with Crippen LogP contribution in [0, 0.1) is 11.3 Å². The van der Waals surface area contributed by atoms with Crippen molar-refractivity contribution in [1.29, 1.82) is 5.26 Å². The fourth-order valence-electron chi connectivity index (χ4n) is 1.77. The van der Waals surface area contributed by atoms with Crippen molar-refractivity contribution in [3.63, 3.8) is 0 Å². The van der Waals surface area contributed by atoms with E-state index in [1.165, 1.54) is 22.5 Å². The molecule has 0 radical (unpaired) electrons. The highest BCUT2D eigenvalue weighted by Gasteiger charge is 2.27. The summed E-state index contributed by atoms with van der Waals surface area (Å²) in [5.41, 5.74) is 0.341. The molecule has 0 aliphatic heterocycles. The molecule has 1 aromatic rings. The molecule has 0 saturated heterocycles. The summed E-state index contributed by atoms with van der Waals surface area (Å²) in [5.74, 6) is 0. The van der Waals surface area contributed by atoms with E-state index in [-0.39, 0.29) is 16.0 Å². The summed E-state index contributed by atoms with van der Waals surface area (Å²) in [6, 6.07) is 6.03. The molecule has 6 heteroatoms. The smallest absolute Gasteiger partial charge is 0.207 e. The largest absolute Gasteiger partial charge is 0.244 e. The maximum Gasteiger partial charge on any atom is 0.244 e. The van der Waals surface area contributed by atoms with Crippen LogP contribution in [0.5, 0.6) is 0 Å². The van der Waals surface area contributed by atoms with Crippen molar-refractivity contribution < 1.29 is 8.42 Å². The molecule has 0 N–H and O–H groups in total. The minimum Gasteiger partial charge on any atom is -0.207 e. The molecule has 1 aromatic carbocycles. The van der Waals surface area contributed by atoms with Gasteiger partial charge in [-0.3, -0.25) is 0 Å². The van der Waals surface area contributed by atoms with Gasteiger partial charge in [0.25, 0.3) is 0 Å². The lowest BCUT2D eigenvalue weighted by molar-refractivity contribution is 0.369. The average molecular weight is 301 g/mol. The number of sulfonamides is 1. The van der Waals surface area contributed by atoms with Gasteiger partial charge in [-0.15, -0.1) is 0 Å². The topological polar surface area (TPSA) is 61.2 Å². The van der Waals surface area contributed by atoms with Gasteiger partial charge in [0.1, 0.15) is 4.90 Å². The van der Waals surface area contributed by atoms with Gasteiger partial charge >= 0.3 is 0 Å². The summed E-state index contributed by atoms with van der Waals surface area (Å²) < 4.78 is 26.2. The van der Waals surface area contributed by atoms with E-state index in [1.807, 2.05) is 19.9 Å². The Labute approximate surface area is 119 Å². The predicted molar refractivity (Wildman–Crippen MR) is 75.5 cm³/mol. The number of rotatable bonds is 5. The number of halogens is 1. The first-order chi connectivity index (χ1) is 8.84. The van der Waals surface area contributed by atoms with Crippen LogP contribution in [0.3, 0.4) is 0 Å². The average Bonchev–Trinajstić information content (AvgIpc) is 2.37. The van der Waals surface area contributed by atoms with Gasteiger partial charge in [-0.2, -0.15) is 9.57 Å². The van der Waals surface area contributed by atoms with Gasteiger partial charge in [-0.05, 0) is 31.5 Å². The van der Waals surface area contributed by atoms with Crippen LogP contribution < -0.4 is 0 Å². The second-order valence-electron chi connectivity index (χ2n) is 4.42. The van der Waals surface area contributed by atoms with Crippen molar-refractivity contribution in [2.45, 2.75) is 37.6 Å². The van der Waals surface area contributed by atoms with E-state index in [0.29, 0.717) is 5.56 Å². The Morgan fingerprint density at radius 1 is 1.47 bits per heavy atom. The van der Waals surface area contributed by atoms with E-state index < -0.39 is 10.0 Å². The van der Waals surface area contributed by atoms with Crippen LogP contribution in [-0.2, 0) is 10.0 Å². The number of hydrogen-bond acceptors (Lipinski definition) is 3. The van der Waals surface area contributed by atoms with Crippen LogP contribution in [-0.4, -0.2) is 25.8 Å². The summed E-state index contributed by atoms with van der Waals surface area (Å²) in [5, 5.41) is 8.83. The zero-order chi connectivity index (χ0) is 14.6. The zero-order valence-electron chi connectivity index (χ0n) is 11.2. The summed E-state index contributed by atoms with van der Waals surface area (Å²) >= 11 is 5.96. The number of benzene rings is 1. The van der Waals surface area contributed by atoms with Gasteiger partial charge in [0.05, 0.1) is 16.7 Å². The number of nitriles is 1. The van der Waals surface area contributed by atoms with Gasteiger partial charge in [0.15, 0.2) is 0 Å². The fourth-order valence-corrected chi connectivity index (χ4v) is 3.68. The second-order valence-corrected chi connectivity index (χ2v) is 6.79. The molecule has 0 spiro atoms. The molecule has 0 heterocycles. The molecule has 0 aliphatic rings. The first-order valence-corrected chi connectivity index (χ1v) is 7.84. The predicted octanol–water partition coefficient (Wildman–Crippen LogP) is 3.02. The Balaban J connectivity index is 3.17. The SMILES string of the molecule is CCCC(C)N(C)S(=O)(=O)c1ccc(C#N)cc1Cl. The van der Waals surface area contributed by atoms with E-state index in [1.54, 1.807) is 7.05 Å². The van der Waals surface area contributed by atoms with E-state index in [9.17, 15) is 8.42 Å². The molecule has 4 nitrogen and oxygen atoms in total. The van der Waals surface area contributed by atoms with Gasteiger partial charge in [-0.25, -0.2) is 8.42 Å². The molecule has 0 bridgehead atoms. The zero-order valence-corrected chi connectivity index (χ0v) is 12.8. The maximum atomic E-state index is 12.4. The first kappa shape index (κ1) is 16.0. The van der Waals surface area contributed by atoms with Gasteiger partial charge < -0.3 is 0 Å². The third kappa shape index (κ3) is 3.47. The van der Waals surface area contributed by atoms with Crippen LogP contribution in [0.25, 0.3) is 0 Å². The third-order valence-corrected chi connectivity index (χ3v) is 5.50. The highest BCUT2D eigenvalue weighted by Crippen LogP contribution is 2.26. The monoisotopic (exact) mass is 300 g/mol. The molecule has 0 saturated carbocycles. The lowest BCUT2D eigenvalue weighted by Gasteiger charge is -2.24. The molecule has 104 valence electrons. The molecule has 1 unspecified atom stereocenters. The minimum absolute atomic E-state index is 0.0404. The standard InChI is InChI=1S/C13H17ClN2O2S/c1-4-5-10(2)16(3)19(17,18)13-7-6-11(9-15)8-12(13)14/h6-8,10H,4-5H2,1-3H3. The highest BCUT2D eigenvalue weighted by atomic mass is 35.5. The minimum atomic E-state index is -3.62. The molecular weight excluding hydrogens is 284 g/mol.